The zero-order valence-electron chi connectivity index (χ0n) is 15.0. The predicted octanol–water partition coefficient (Wildman–Crippen LogP) is 1.45. The minimum Gasteiger partial charge on any atom is -0.496 e. The van der Waals surface area contributed by atoms with Gasteiger partial charge in [-0.05, 0) is 37.7 Å². The van der Waals surface area contributed by atoms with E-state index in [0.29, 0.717) is 29.1 Å². The Balaban J connectivity index is 2.96. The Labute approximate surface area is 144 Å². The molecule has 24 heavy (non-hydrogen) atoms. The third-order valence-electron chi connectivity index (χ3n) is 3.63. The topological polar surface area (TPSA) is 87.7 Å². The first-order valence-electron chi connectivity index (χ1n) is 7.88. The average molecular weight is 357 g/mol. The molecule has 0 saturated carbocycles. The van der Waals surface area contributed by atoms with E-state index in [-0.39, 0.29) is 5.91 Å². The minimum absolute atomic E-state index is 0.292. The molecule has 136 valence electrons. The van der Waals surface area contributed by atoms with E-state index in [1.54, 1.807) is 13.0 Å². The second kappa shape index (κ2) is 8.89. The van der Waals surface area contributed by atoms with Crippen LogP contribution >= 0.6 is 0 Å². The molecule has 2 N–H and O–H groups in total. The zero-order chi connectivity index (χ0) is 18.3. The van der Waals surface area contributed by atoms with Crippen molar-refractivity contribution in [2.24, 2.45) is 0 Å². The number of nitrogens with zero attached hydrogens (tertiary/aromatic N) is 1. The van der Waals surface area contributed by atoms with Gasteiger partial charge < -0.3 is 15.0 Å². The SMILES string of the molecule is CCN(CC)CCNC(=O)c1cc(NS(C)(=O)=O)cc(C)c1OC. The monoisotopic (exact) mass is 357 g/mol. The number of ether oxygens (including phenoxy) is 1. The summed E-state index contributed by atoms with van der Waals surface area (Å²) >= 11 is 0. The van der Waals surface area contributed by atoms with E-state index in [9.17, 15) is 13.2 Å². The van der Waals surface area contributed by atoms with Crippen molar-refractivity contribution in [1.82, 2.24) is 10.2 Å². The normalized spacial score (nSPS) is 11.4. The largest absolute Gasteiger partial charge is 0.496 e. The summed E-state index contributed by atoms with van der Waals surface area (Å²) < 4.78 is 30.5. The highest BCUT2D eigenvalue weighted by molar-refractivity contribution is 7.92. The number of sulfonamides is 1. The lowest BCUT2D eigenvalue weighted by atomic mass is 10.1. The van der Waals surface area contributed by atoms with E-state index in [1.807, 2.05) is 0 Å². The van der Waals surface area contributed by atoms with Crippen LogP contribution in [0.15, 0.2) is 12.1 Å². The Morgan fingerprint density at radius 3 is 2.38 bits per heavy atom. The molecular weight excluding hydrogens is 330 g/mol. The molecule has 0 aliphatic heterocycles. The predicted molar refractivity (Wildman–Crippen MR) is 96.3 cm³/mol. The van der Waals surface area contributed by atoms with Crippen LogP contribution in [0.4, 0.5) is 5.69 Å². The molecule has 8 heteroatoms. The van der Waals surface area contributed by atoms with Crippen LogP contribution in [0, 0.1) is 6.92 Å². The Hall–Kier alpha value is -1.80. The van der Waals surface area contributed by atoms with E-state index >= 15 is 0 Å². The number of hydrogen-bond acceptors (Lipinski definition) is 5. The van der Waals surface area contributed by atoms with Gasteiger partial charge in [0.1, 0.15) is 5.75 Å². The molecule has 1 aromatic carbocycles. The summed E-state index contributed by atoms with van der Waals surface area (Å²) in [6.07, 6.45) is 1.07. The van der Waals surface area contributed by atoms with E-state index < -0.39 is 10.0 Å². The highest BCUT2D eigenvalue weighted by Gasteiger charge is 2.17. The Kier molecular flexibility index (Phi) is 7.50. The second-order valence-corrected chi connectivity index (χ2v) is 7.28. The molecule has 0 unspecified atom stereocenters. The lowest BCUT2D eigenvalue weighted by Crippen LogP contribution is -2.35. The summed E-state index contributed by atoms with van der Waals surface area (Å²) in [6, 6.07) is 3.12. The Bertz CT molecular complexity index is 670. The number of carbonyl (C=O) groups is 1. The van der Waals surface area contributed by atoms with E-state index in [2.05, 4.69) is 28.8 Å². The molecule has 0 atom stereocenters. The number of rotatable bonds is 9. The van der Waals surface area contributed by atoms with Crippen molar-refractivity contribution in [3.05, 3.63) is 23.3 Å². The number of nitrogens with one attached hydrogen (secondary N) is 2. The van der Waals surface area contributed by atoms with Crippen molar-refractivity contribution in [2.75, 3.05) is 44.3 Å². The molecule has 1 aromatic rings. The second-order valence-electron chi connectivity index (χ2n) is 5.53. The molecule has 1 rings (SSSR count). The number of anilines is 1. The van der Waals surface area contributed by atoms with Crippen LogP contribution in [0.2, 0.25) is 0 Å². The smallest absolute Gasteiger partial charge is 0.255 e. The maximum absolute atomic E-state index is 12.5. The van der Waals surface area contributed by atoms with Crippen molar-refractivity contribution in [1.29, 1.82) is 0 Å². The fourth-order valence-electron chi connectivity index (χ4n) is 2.45. The number of benzene rings is 1. The molecule has 1 amide bonds. The molecule has 7 nitrogen and oxygen atoms in total. The van der Waals surface area contributed by atoms with Gasteiger partial charge in [-0.2, -0.15) is 0 Å². The van der Waals surface area contributed by atoms with Crippen LogP contribution in [-0.4, -0.2) is 58.8 Å². The van der Waals surface area contributed by atoms with Crippen molar-refractivity contribution < 1.29 is 17.9 Å². The van der Waals surface area contributed by atoms with E-state index in [1.165, 1.54) is 13.2 Å². The molecule has 0 fully saturated rings. The average Bonchev–Trinajstić information content (AvgIpc) is 2.49. The molecule has 0 aliphatic carbocycles. The molecule has 0 spiro atoms. The molecule has 0 bridgehead atoms. The van der Waals surface area contributed by atoms with Crippen molar-refractivity contribution >= 4 is 21.6 Å². The fourth-order valence-corrected chi connectivity index (χ4v) is 3.00. The number of hydrogen-bond donors (Lipinski definition) is 2. The summed E-state index contributed by atoms with van der Waals surface area (Å²) in [5.41, 5.74) is 1.33. The first-order chi connectivity index (χ1) is 11.2. The van der Waals surface area contributed by atoms with Gasteiger partial charge in [-0.3, -0.25) is 9.52 Å². The Morgan fingerprint density at radius 1 is 1.25 bits per heavy atom. The third kappa shape index (κ3) is 6.01. The summed E-state index contributed by atoms with van der Waals surface area (Å²) in [5, 5.41) is 2.85. The van der Waals surface area contributed by atoms with Gasteiger partial charge in [0.25, 0.3) is 5.91 Å². The van der Waals surface area contributed by atoms with Crippen LogP contribution in [-0.2, 0) is 10.0 Å². The number of aryl methyl sites for hydroxylation is 1. The Morgan fingerprint density at radius 2 is 1.88 bits per heavy atom. The molecular formula is C16H27N3O4S. The van der Waals surface area contributed by atoms with Crippen LogP contribution in [0.5, 0.6) is 5.75 Å². The van der Waals surface area contributed by atoms with Gasteiger partial charge in [-0.1, -0.05) is 13.8 Å². The van der Waals surface area contributed by atoms with Crippen molar-refractivity contribution in [3.8, 4) is 5.75 Å². The van der Waals surface area contributed by atoms with Gasteiger partial charge in [0.05, 0.1) is 18.9 Å². The number of likely N-dealkylation sites (N-methyl/N-ethyl adjacent to an activating group) is 1. The summed E-state index contributed by atoms with van der Waals surface area (Å²) in [4.78, 5) is 14.7. The van der Waals surface area contributed by atoms with Gasteiger partial charge in [0.15, 0.2) is 0 Å². The minimum atomic E-state index is -3.42. The maximum Gasteiger partial charge on any atom is 0.255 e. The van der Waals surface area contributed by atoms with Crippen LogP contribution in [0.3, 0.4) is 0 Å². The summed E-state index contributed by atoms with van der Waals surface area (Å²) in [5.74, 6) is 0.147. The lowest BCUT2D eigenvalue weighted by Gasteiger charge is -2.19. The molecule has 0 heterocycles. The van der Waals surface area contributed by atoms with Crippen molar-refractivity contribution in [3.63, 3.8) is 0 Å². The van der Waals surface area contributed by atoms with Gasteiger partial charge in [-0.15, -0.1) is 0 Å². The maximum atomic E-state index is 12.5. The zero-order valence-corrected chi connectivity index (χ0v) is 15.8. The summed E-state index contributed by atoms with van der Waals surface area (Å²) in [7, 11) is -1.94. The standard InChI is InChI=1S/C16H27N3O4S/c1-6-19(7-2)9-8-17-16(20)14-11-13(18-24(5,21)22)10-12(3)15(14)23-4/h10-11,18H,6-9H2,1-5H3,(H,17,20). The van der Waals surface area contributed by atoms with Gasteiger partial charge in [0.2, 0.25) is 10.0 Å². The molecule has 0 saturated heterocycles. The van der Waals surface area contributed by atoms with Crippen molar-refractivity contribution in [2.45, 2.75) is 20.8 Å². The van der Waals surface area contributed by atoms with E-state index in [0.717, 1.165) is 25.9 Å². The fraction of sp³-hybridized carbons (Fsp3) is 0.562. The van der Waals surface area contributed by atoms with Crippen LogP contribution in [0.25, 0.3) is 0 Å². The lowest BCUT2D eigenvalue weighted by molar-refractivity contribution is 0.0945. The number of amides is 1. The van der Waals surface area contributed by atoms with E-state index in [4.69, 9.17) is 4.74 Å². The van der Waals surface area contributed by atoms with Gasteiger partial charge >= 0.3 is 0 Å². The number of methoxy groups -OCH3 is 1. The van der Waals surface area contributed by atoms with Crippen LogP contribution < -0.4 is 14.8 Å². The molecule has 0 radical (unpaired) electrons. The third-order valence-corrected chi connectivity index (χ3v) is 4.24. The summed E-state index contributed by atoms with van der Waals surface area (Å²) in [6.45, 7) is 8.99. The molecule has 0 aliphatic rings. The van der Waals surface area contributed by atoms with Gasteiger partial charge in [-0.25, -0.2) is 8.42 Å². The van der Waals surface area contributed by atoms with Crippen LogP contribution in [0.1, 0.15) is 29.8 Å². The highest BCUT2D eigenvalue weighted by Crippen LogP contribution is 2.28. The first-order valence-corrected chi connectivity index (χ1v) is 9.77. The van der Waals surface area contributed by atoms with Gasteiger partial charge in [0, 0.05) is 18.8 Å². The number of carbonyl (C=O) groups excluding carboxylic acids is 1. The quantitative estimate of drug-likeness (QED) is 0.698. The highest BCUT2D eigenvalue weighted by atomic mass is 32.2. The molecule has 0 aromatic heterocycles. The first kappa shape index (κ1) is 20.2.